The zero-order chi connectivity index (χ0) is 16.8. The topological polar surface area (TPSA) is 38.3 Å². The van der Waals surface area contributed by atoms with Gasteiger partial charge in [0, 0.05) is 17.7 Å². The molecule has 24 heavy (non-hydrogen) atoms. The van der Waals surface area contributed by atoms with E-state index in [0.29, 0.717) is 13.0 Å². The molecule has 0 aliphatic carbocycles. The van der Waals surface area contributed by atoms with Crippen LogP contribution in [0.25, 0.3) is 10.1 Å². The fourth-order valence-corrected chi connectivity index (χ4v) is 3.70. The Labute approximate surface area is 146 Å². The summed E-state index contributed by atoms with van der Waals surface area (Å²) in [5, 5.41) is 6.51. The Kier molecular flexibility index (Phi) is 5.49. The average Bonchev–Trinajstić information content (AvgIpc) is 3.04. The van der Waals surface area contributed by atoms with Gasteiger partial charge in [-0.15, -0.1) is 11.3 Å². The number of methoxy groups -OCH3 is 1. The van der Waals surface area contributed by atoms with Crippen LogP contribution in [0.2, 0.25) is 0 Å². The SMILES string of the molecule is COc1ccc(CCC(=O)NCCc2csc3ccccc23)cc1. The Morgan fingerprint density at radius 2 is 1.88 bits per heavy atom. The van der Waals surface area contributed by atoms with Gasteiger partial charge in [-0.1, -0.05) is 30.3 Å². The molecule has 1 amide bonds. The highest BCUT2D eigenvalue weighted by Gasteiger charge is 2.05. The van der Waals surface area contributed by atoms with E-state index in [1.807, 2.05) is 24.3 Å². The molecule has 0 saturated heterocycles. The molecule has 0 saturated carbocycles. The predicted octanol–water partition coefficient (Wildman–Crippen LogP) is 4.20. The molecule has 0 radical (unpaired) electrons. The van der Waals surface area contributed by atoms with Crippen molar-refractivity contribution in [2.75, 3.05) is 13.7 Å². The van der Waals surface area contributed by atoms with Gasteiger partial charge in [-0.25, -0.2) is 0 Å². The van der Waals surface area contributed by atoms with Crippen molar-refractivity contribution >= 4 is 27.3 Å². The largest absolute Gasteiger partial charge is 0.497 e. The summed E-state index contributed by atoms with van der Waals surface area (Å²) in [6, 6.07) is 16.3. The number of ether oxygens (including phenoxy) is 1. The maximum atomic E-state index is 12.0. The standard InChI is InChI=1S/C20H21NO2S/c1-23-17-9-6-15(7-10-17)8-11-20(22)21-13-12-16-14-24-19-5-3-2-4-18(16)19/h2-7,9-10,14H,8,11-13H2,1H3,(H,21,22). The number of benzene rings is 2. The van der Waals surface area contributed by atoms with Crippen LogP contribution >= 0.6 is 11.3 Å². The van der Waals surface area contributed by atoms with Crippen molar-refractivity contribution in [2.24, 2.45) is 0 Å². The number of amides is 1. The first-order chi connectivity index (χ1) is 11.8. The van der Waals surface area contributed by atoms with Crippen molar-refractivity contribution in [3.8, 4) is 5.75 Å². The van der Waals surface area contributed by atoms with Gasteiger partial charge in [0.15, 0.2) is 0 Å². The first-order valence-corrected chi connectivity index (χ1v) is 8.99. The summed E-state index contributed by atoms with van der Waals surface area (Å²) in [4.78, 5) is 12.0. The minimum absolute atomic E-state index is 0.102. The molecule has 0 unspecified atom stereocenters. The van der Waals surface area contributed by atoms with Crippen molar-refractivity contribution in [3.63, 3.8) is 0 Å². The molecule has 124 valence electrons. The lowest BCUT2D eigenvalue weighted by atomic mass is 10.1. The van der Waals surface area contributed by atoms with Gasteiger partial charge in [-0.05, 0) is 52.9 Å². The minimum atomic E-state index is 0.102. The molecule has 3 rings (SSSR count). The quantitative estimate of drug-likeness (QED) is 0.700. The second-order valence-electron chi connectivity index (χ2n) is 5.71. The third-order valence-corrected chi connectivity index (χ3v) is 5.09. The van der Waals surface area contributed by atoms with Crippen LogP contribution in [0.3, 0.4) is 0 Å². The maximum Gasteiger partial charge on any atom is 0.220 e. The van der Waals surface area contributed by atoms with Crippen LogP contribution in [-0.4, -0.2) is 19.6 Å². The second-order valence-corrected chi connectivity index (χ2v) is 6.62. The monoisotopic (exact) mass is 339 g/mol. The molecular formula is C20H21NO2S. The molecule has 2 aromatic carbocycles. The lowest BCUT2D eigenvalue weighted by Gasteiger charge is -2.06. The molecule has 0 aliphatic heterocycles. The second kappa shape index (κ2) is 7.97. The van der Waals surface area contributed by atoms with Gasteiger partial charge in [0.25, 0.3) is 0 Å². The summed E-state index contributed by atoms with van der Waals surface area (Å²) < 4.78 is 6.44. The molecule has 1 heterocycles. The summed E-state index contributed by atoms with van der Waals surface area (Å²) >= 11 is 1.76. The van der Waals surface area contributed by atoms with Crippen molar-refractivity contribution < 1.29 is 9.53 Å². The van der Waals surface area contributed by atoms with E-state index < -0.39 is 0 Å². The normalized spacial score (nSPS) is 10.7. The van der Waals surface area contributed by atoms with Crippen LogP contribution in [0.1, 0.15) is 17.5 Å². The van der Waals surface area contributed by atoms with E-state index >= 15 is 0 Å². The third kappa shape index (κ3) is 4.15. The highest BCUT2D eigenvalue weighted by Crippen LogP contribution is 2.25. The predicted molar refractivity (Wildman–Crippen MR) is 99.9 cm³/mol. The van der Waals surface area contributed by atoms with Crippen molar-refractivity contribution in [1.29, 1.82) is 0 Å². The highest BCUT2D eigenvalue weighted by molar-refractivity contribution is 7.17. The molecule has 0 aliphatic rings. The number of carbonyl (C=O) groups excluding carboxylic acids is 1. The van der Waals surface area contributed by atoms with E-state index in [1.54, 1.807) is 18.4 Å². The van der Waals surface area contributed by atoms with Gasteiger partial charge >= 0.3 is 0 Å². The average molecular weight is 339 g/mol. The maximum absolute atomic E-state index is 12.0. The van der Waals surface area contributed by atoms with E-state index in [4.69, 9.17) is 4.74 Å². The summed E-state index contributed by atoms with van der Waals surface area (Å²) in [5.41, 5.74) is 2.46. The molecule has 0 fully saturated rings. The smallest absolute Gasteiger partial charge is 0.220 e. The summed E-state index contributed by atoms with van der Waals surface area (Å²) in [5.74, 6) is 0.941. The first kappa shape index (κ1) is 16.5. The van der Waals surface area contributed by atoms with Crippen LogP contribution < -0.4 is 10.1 Å². The van der Waals surface area contributed by atoms with Gasteiger partial charge in [0.1, 0.15) is 5.75 Å². The van der Waals surface area contributed by atoms with Crippen LogP contribution in [0, 0.1) is 0 Å². The number of rotatable bonds is 7. The molecule has 0 spiro atoms. The lowest BCUT2D eigenvalue weighted by Crippen LogP contribution is -2.25. The van der Waals surface area contributed by atoms with Gasteiger partial charge < -0.3 is 10.1 Å². The molecule has 0 bridgehead atoms. The molecule has 1 aromatic heterocycles. The summed E-state index contributed by atoms with van der Waals surface area (Å²) in [7, 11) is 1.65. The Hall–Kier alpha value is -2.33. The van der Waals surface area contributed by atoms with Crippen LogP contribution in [0.15, 0.2) is 53.9 Å². The molecule has 0 atom stereocenters. The highest BCUT2D eigenvalue weighted by atomic mass is 32.1. The van der Waals surface area contributed by atoms with Gasteiger partial charge in [0.2, 0.25) is 5.91 Å². The Morgan fingerprint density at radius 1 is 1.08 bits per heavy atom. The number of hydrogen-bond donors (Lipinski definition) is 1. The summed E-state index contributed by atoms with van der Waals surface area (Å²) in [6.45, 7) is 0.683. The van der Waals surface area contributed by atoms with Crippen molar-refractivity contribution in [1.82, 2.24) is 5.32 Å². The van der Waals surface area contributed by atoms with E-state index in [2.05, 4.69) is 35.0 Å². The summed E-state index contributed by atoms with van der Waals surface area (Å²) in [6.07, 6.45) is 2.13. The number of thiophene rings is 1. The number of nitrogens with one attached hydrogen (secondary N) is 1. The molecule has 3 nitrogen and oxygen atoms in total. The third-order valence-electron chi connectivity index (χ3n) is 4.08. The van der Waals surface area contributed by atoms with Crippen molar-refractivity contribution in [3.05, 3.63) is 65.0 Å². The fourth-order valence-electron chi connectivity index (χ4n) is 2.70. The van der Waals surface area contributed by atoms with E-state index in [1.165, 1.54) is 15.6 Å². The van der Waals surface area contributed by atoms with E-state index in [0.717, 1.165) is 24.2 Å². The lowest BCUT2D eigenvalue weighted by molar-refractivity contribution is -0.121. The Balaban J connectivity index is 1.44. The number of carbonyl (C=O) groups is 1. The van der Waals surface area contributed by atoms with Gasteiger partial charge in [0.05, 0.1) is 7.11 Å². The van der Waals surface area contributed by atoms with Gasteiger partial charge in [-0.2, -0.15) is 0 Å². The Bertz CT molecular complexity index is 808. The molecule has 4 heteroatoms. The van der Waals surface area contributed by atoms with Crippen molar-refractivity contribution in [2.45, 2.75) is 19.3 Å². The fraction of sp³-hybridized carbons (Fsp3) is 0.250. The molecular weight excluding hydrogens is 318 g/mol. The number of aryl methyl sites for hydroxylation is 1. The van der Waals surface area contributed by atoms with E-state index in [-0.39, 0.29) is 5.91 Å². The van der Waals surface area contributed by atoms with Gasteiger partial charge in [-0.3, -0.25) is 4.79 Å². The Morgan fingerprint density at radius 3 is 2.67 bits per heavy atom. The van der Waals surface area contributed by atoms with Crippen LogP contribution in [0.4, 0.5) is 0 Å². The first-order valence-electron chi connectivity index (χ1n) is 8.11. The van der Waals surface area contributed by atoms with Crippen LogP contribution in [0.5, 0.6) is 5.75 Å². The molecule has 3 aromatic rings. The van der Waals surface area contributed by atoms with E-state index in [9.17, 15) is 4.79 Å². The number of hydrogen-bond acceptors (Lipinski definition) is 3. The zero-order valence-electron chi connectivity index (χ0n) is 13.7. The van der Waals surface area contributed by atoms with Crippen LogP contribution in [-0.2, 0) is 17.6 Å². The number of fused-ring (bicyclic) bond motifs is 1. The molecule has 1 N–H and O–H groups in total. The minimum Gasteiger partial charge on any atom is -0.497 e. The zero-order valence-corrected chi connectivity index (χ0v) is 14.6.